The molecule has 154 valence electrons. The van der Waals surface area contributed by atoms with Gasteiger partial charge >= 0.3 is 0 Å². The molecule has 3 aromatic carbocycles. The molecule has 1 saturated heterocycles. The second-order valence-electron chi connectivity index (χ2n) is 8.14. The number of carbonyl (C=O) groups is 1. The molecule has 30 heavy (non-hydrogen) atoms. The van der Waals surface area contributed by atoms with E-state index in [2.05, 4.69) is 53.4 Å². The SMILES string of the molecule is CN(C(=O)C(c1ccccc1)c1ccccc1)[C@@H](CN1CCCC1)c1ccccc1. The van der Waals surface area contributed by atoms with Crippen LogP contribution in [0.3, 0.4) is 0 Å². The van der Waals surface area contributed by atoms with E-state index in [-0.39, 0.29) is 17.9 Å². The van der Waals surface area contributed by atoms with Crippen LogP contribution in [0.1, 0.15) is 41.5 Å². The average molecular weight is 399 g/mol. The van der Waals surface area contributed by atoms with Gasteiger partial charge in [-0.2, -0.15) is 0 Å². The number of likely N-dealkylation sites (N-methyl/N-ethyl adjacent to an activating group) is 1. The summed E-state index contributed by atoms with van der Waals surface area (Å²) < 4.78 is 0. The lowest BCUT2D eigenvalue weighted by atomic mass is 9.89. The van der Waals surface area contributed by atoms with E-state index in [1.165, 1.54) is 18.4 Å². The van der Waals surface area contributed by atoms with E-state index >= 15 is 0 Å². The molecule has 3 nitrogen and oxygen atoms in total. The molecule has 0 aromatic heterocycles. The Kier molecular flexibility index (Phi) is 6.60. The largest absolute Gasteiger partial charge is 0.337 e. The first kappa shape index (κ1) is 20.4. The Labute approximate surface area is 180 Å². The molecule has 1 heterocycles. The molecule has 4 rings (SSSR count). The van der Waals surface area contributed by atoms with Crippen molar-refractivity contribution in [3.05, 3.63) is 108 Å². The quantitative estimate of drug-likeness (QED) is 0.552. The van der Waals surface area contributed by atoms with Gasteiger partial charge in [-0.1, -0.05) is 91.0 Å². The summed E-state index contributed by atoms with van der Waals surface area (Å²) in [4.78, 5) is 18.4. The van der Waals surface area contributed by atoms with Crippen LogP contribution in [0, 0.1) is 0 Å². The summed E-state index contributed by atoms with van der Waals surface area (Å²) in [7, 11) is 1.97. The molecular formula is C27H30N2O. The molecule has 0 bridgehead atoms. The van der Waals surface area contributed by atoms with Crippen LogP contribution in [-0.2, 0) is 4.79 Å². The molecule has 0 aliphatic carbocycles. The Hall–Kier alpha value is -2.91. The predicted octanol–water partition coefficient (Wildman–Crippen LogP) is 5.11. The Morgan fingerprint density at radius 1 is 0.767 bits per heavy atom. The minimum atomic E-state index is -0.304. The first-order valence-electron chi connectivity index (χ1n) is 10.9. The molecule has 3 heteroatoms. The maximum atomic E-state index is 13.9. The summed E-state index contributed by atoms with van der Waals surface area (Å²) in [5.41, 5.74) is 3.27. The highest BCUT2D eigenvalue weighted by molar-refractivity contribution is 5.87. The van der Waals surface area contributed by atoms with E-state index in [4.69, 9.17) is 0 Å². The summed E-state index contributed by atoms with van der Waals surface area (Å²) in [5.74, 6) is -0.164. The molecule has 3 aromatic rings. The average Bonchev–Trinajstić information content (AvgIpc) is 3.32. The topological polar surface area (TPSA) is 23.6 Å². The molecule has 0 unspecified atom stereocenters. The molecule has 1 amide bonds. The van der Waals surface area contributed by atoms with Crippen LogP contribution >= 0.6 is 0 Å². The third-order valence-corrected chi connectivity index (χ3v) is 6.14. The van der Waals surface area contributed by atoms with Crippen molar-refractivity contribution < 1.29 is 4.79 Å². The van der Waals surface area contributed by atoms with E-state index in [9.17, 15) is 4.79 Å². The van der Waals surface area contributed by atoms with Gasteiger partial charge in [0, 0.05) is 13.6 Å². The number of rotatable bonds is 7. The summed E-state index contributed by atoms with van der Waals surface area (Å²) >= 11 is 0. The summed E-state index contributed by atoms with van der Waals surface area (Å²) in [6.07, 6.45) is 2.49. The lowest BCUT2D eigenvalue weighted by Gasteiger charge is -2.34. The second kappa shape index (κ2) is 9.73. The van der Waals surface area contributed by atoms with Crippen LogP contribution in [-0.4, -0.2) is 42.4 Å². The zero-order valence-corrected chi connectivity index (χ0v) is 17.7. The van der Waals surface area contributed by atoms with Gasteiger partial charge in [0.2, 0.25) is 5.91 Å². The number of hydrogen-bond acceptors (Lipinski definition) is 2. The number of carbonyl (C=O) groups excluding carboxylic acids is 1. The molecule has 0 N–H and O–H groups in total. The Bertz CT molecular complexity index is 881. The van der Waals surface area contributed by atoms with E-state index in [0.29, 0.717) is 0 Å². The molecule has 0 spiro atoms. The van der Waals surface area contributed by atoms with Crippen molar-refractivity contribution >= 4 is 5.91 Å². The van der Waals surface area contributed by atoms with Gasteiger partial charge in [-0.15, -0.1) is 0 Å². The zero-order chi connectivity index (χ0) is 20.8. The van der Waals surface area contributed by atoms with Gasteiger partial charge in [-0.05, 0) is 42.6 Å². The van der Waals surface area contributed by atoms with Crippen LogP contribution in [0.15, 0.2) is 91.0 Å². The normalized spacial score (nSPS) is 15.3. The van der Waals surface area contributed by atoms with Crippen molar-refractivity contribution in [1.29, 1.82) is 0 Å². The summed E-state index contributed by atoms with van der Waals surface area (Å²) in [6.45, 7) is 3.11. The van der Waals surface area contributed by atoms with Crippen molar-refractivity contribution in [2.75, 3.05) is 26.7 Å². The maximum absolute atomic E-state index is 13.9. The maximum Gasteiger partial charge on any atom is 0.234 e. The monoisotopic (exact) mass is 398 g/mol. The van der Waals surface area contributed by atoms with Crippen LogP contribution in [0.5, 0.6) is 0 Å². The summed E-state index contributed by atoms with van der Waals surface area (Å²) in [5, 5.41) is 0. The first-order chi connectivity index (χ1) is 14.7. The third-order valence-electron chi connectivity index (χ3n) is 6.14. The highest BCUT2D eigenvalue weighted by atomic mass is 16.2. The second-order valence-corrected chi connectivity index (χ2v) is 8.14. The van der Waals surface area contributed by atoms with Crippen LogP contribution in [0.25, 0.3) is 0 Å². The van der Waals surface area contributed by atoms with Gasteiger partial charge in [0.05, 0.1) is 12.0 Å². The fourth-order valence-corrected chi connectivity index (χ4v) is 4.46. The Morgan fingerprint density at radius 3 is 1.67 bits per heavy atom. The third kappa shape index (κ3) is 4.63. The van der Waals surface area contributed by atoms with Gasteiger partial charge in [0.1, 0.15) is 0 Å². The van der Waals surface area contributed by atoms with Crippen molar-refractivity contribution in [3.8, 4) is 0 Å². The highest BCUT2D eigenvalue weighted by Gasteiger charge is 2.31. The predicted molar refractivity (Wildman–Crippen MR) is 122 cm³/mol. The Morgan fingerprint density at radius 2 is 1.20 bits per heavy atom. The van der Waals surface area contributed by atoms with Crippen LogP contribution in [0.4, 0.5) is 0 Å². The van der Waals surface area contributed by atoms with Crippen molar-refractivity contribution in [3.63, 3.8) is 0 Å². The molecule has 0 saturated carbocycles. The minimum Gasteiger partial charge on any atom is -0.337 e. The fourth-order valence-electron chi connectivity index (χ4n) is 4.46. The molecular weight excluding hydrogens is 368 g/mol. The first-order valence-corrected chi connectivity index (χ1v) is 10.9. The highest BCUT2D eigenvalue weighted by Crippen LogP contribution is 2.31. The number of benzene rings is 3. The van der Waals surface area contributed by atoms with Crippen molar-refractivity contribution in [1.82, 2.24) is 9.80 Å². The molecule has 0 radical (unpaired) electrons. The van der Waals surface area contributed by atoms with Gasteiger partial charge in [-0.25, -0.2) is 0 Å². The van der Waals surface area contributed by atoms with E-state index in [1.54, 1.807) is 0 Å². The number of amides is 1. The van der Waals surface area contributed by atoms with Gasteiger partial charge in [-0.3, -0.25) is 4.79 Å². The summed E-state index contributed by atoms with van der Waals surface area (Å²) in [6, 6.07) is 30.8. The van der Waals surface area contributed by atoms with Crippen molar-refractivity contribution in [2.24, 2.45) is 0 Å². The Balaban J connectivity index is 1.67. The fraction of sp³-hybridized carbons (Fsp3) is 0.296. The molecule has 1 atom stereocenters. The lowest BCUT2D eigenvalue weighted by Crippen LogP contribution is -2.40. The van der Waals surface area contributed by atoms with Gasteiger partial charge < -0.3 is 9.80 Å². The minimum absolute atomic E-state index is 0.0340. The molecule has 1 aliphatic rings. The zero-order valence-electron chi connectivity index (χ0n) is 17.7. The number of likely N-dealkylation sites (tertiary alicyclic amines) is 1. The smallest absolute Gasteiger partial charge is 0.234 e. The van der Waals surface area contributed by atoms with Gasteiger partial charge in [0.25, 0.3) is 0 Å². The van der Waals surface area contributed by atoms with E-state index in [0.717, 1.165) is 30.8 Å². The van der Waals surface area contributed by atoms with Crippen molar-refractivity contribution in [2.45, 2.75) is 24.8 Å². The standard InChI is InChI=1S/C27H30N2O/c1-28(25(21-29-19-11-12-20-29)22-13-5-2-6-14-22)27(30)26(23-15-7-3-8-16-23)24-17-9-4-10-18-24/h2-10,13-18,25-26H,11-12,19-21H2,1H3/t25-/m0/s1. The van der Waals surface area contributed by atoms with Gasteiger partial charge in [0.15, 0.2) is 0 Å². The van der Waals surface area contributed by atoms with Crippen LogP contribution < -0.4 is 0 Å². The van der Waals surface area contributed by atoms with E-state index in [1.807, 2.05) is 54.4 Å². The molecule has 1 fully saturated rings. The molecule has 1 aliphatic heterocycles. The number of hydrogen-bond donors (Lipinski definition) is 0. The number of nitrogens with zero attached hydrogens (tertiary/aromatic N) is 2. The van der Waals surface area contributed by atoms with E-state index < -0.39 is 0 Å². The van der Waals surface area contributed by atoms with Crippen LogP contribution in [0.2, 0.25) is 0 Å². The lowest BCUT2D eigenvalue weighted by molar-refractivity contribution is -0.133.